The largest absolute Gasteiger partial charge is 0.317 e. The summed E-state index contributed by atoms with van der Waals surface area (Å²) in [4.78, 5) is 6.78. The second kappa shape index (κ2) is 7.35. The quantitative estimate of drug-likeness (QED) is 0.713. The number of rotatable bonds is 3. The molecular weight excluding hydrogens is 419 g/mol. The second-order valence-electron chi connectivity index (χ2n) is 7.38. The molecule has 8 heteroatoms. The minimum absolute atomic E-state index is 0.0444. The maximum Gasteiger partial charge on any atom is 0.164 e. The van der Waals surface area contributed by atoms with Crippen molar-refractivity contribution in [2.24, 2.45) is 4.99 Å². The van der Waals surface area contributed by atoms with Crippen LogP contribution in [0.4, 0.5) is 10.1 Å². The summed E-state index contributed by atoms with van der Waals surface area (Å²) in [6, 6.07) is 10.4. The predicted octanol–water partition coefficient (Wildman–Crippen LogP) is 4.37. The number of sulfone groups is 1. The first-order valence-electron chi connectivity index (χ1n) is 8.95. The molecule has 0 radical (unpaired) electrons. The lowest BCUT2D eigenvalue weighted by Gasteiger charge is -2.26. The van der Waals surface area contributed by atoms with Crippen LogP contribution in [0.25, 0.3) is 0 Å². The molecule has 28 heavy (non-hydrogen) atoms. The molecule has 2 atom stereocenters. The number of aliphatic imine (C=N–C) groups is 1. The van der Waals surface area contributed by atoms with Crippen LogP contribution in [0.1, 0.15) is 16.7 Å². The van der Waals surface area contributed by atoms with Gasteiger partial charge in [0.1, 0.15) is 5.82 Å². The Labute approximate surface area is 173 Å². The van der Waals surface area contributed by atoms with Gasteiger partial charge in [-0.05, 0) is 54.8 Å². The monoisotopic (exact) mass is 438 g/mol. The van der Waals surface area contributed by atoms with Crippen molar-refractivity contribution in [1.29, 1.82) is 0 Å². The highest BCUT2D eigenvalue weighted by Crippen LogP contribution is 2.38. The molecule has 1 fully saturated rings. The molecule has 0 amide bonds. The Morgan fingerprint density at radius 2 is 1.89 bits per heavy atom. The summed E-state index contributed by atoms with van der Waals surface area (Å²) >= 11 is 7.78. The van der Waals surface area contributed by atoms with Crippen LogP contribution in [-0.2, 0) is 16.4 Å². The van der Waals surface area contributed by atoms with E-state index in [1.807, 2.05) is 13.8 Å². The van der Waals surface area contributed by atoms with Gasteiger partial charge in [0.25, 0.3) is 0 Å². The number of fused-ring (bicyclic) bond motifs is 1. The van der Waals surface area contributed by atoms with Gasteiger partial charge in [0.15, 0.2) is 15.0 Å². The van der Waals surface area contributed by atoms with Crippen LogP contribution in [0.3, 0.4) is 0 Å². The van der Waals surface area contributed by atoms with Crippen LogP contribution >= 0.6 is 23.4 Å². The molecule has 2 heterocycles. The highest BCUT2D eigenvalue weighted by atomic mass is 35.5. The fourth-order valence-electron chi connectivity index (χ4n) is 3.67. The molecule has 0 aliphatic carbocycles. The molecular formula is C20H20ClFN2O2S2. The van der Waals surface area contributed by atoms with E-state index in [1.165, 1.54) is 23.9 Å². The molecule has 2 aromatic rings. The SMILES string of the molecule is Cc1cc(C)cc(N(Cc2ccc(F)cc2Cl)C2=N[C@@H]3CS(=O)(=O)C[C@@H]3S2)c1. The zero-order valence-electron chi connectivity index (χ0n) is 15.5. The standard InChI is InChI=1S/C20H20ClFN2O2S2/c1-12-5-13(2)7-16(6-12)24(9-14-3-4-15(22)8-17(14)21)20-23-18-10-28(25,26)11-19(18)27-20/h3-8,18-19H,9-11H2,1-2H3/t18-,19+/m1/s1. The van der Waals surface area contributed by atoms with Crippen molar-refractivity contribution in [2.45, 2.75) is 31.7 Å². The van der Waals surface area contributed by atoms with E-state index < -0.39 is 9.84 Å². The lowest BCUT2D eigenvalue weighted by atomic mass is 10.1. The minimum Gasteiger partial charge on any atom is -0.317 e. The lowest BCUT2D eigenvalue weighted by molar-refractivity contribution is 0.601. The van der Waals surface area contributed by atoms with E-state index in [4.69, 9.17) is 16.6 Å². The van der Waals surface area contributed by atoms with Gasteiger partial charge in [-0.25, -0.2) is 12.8 Å². The molecule has 4 rings (SSSR count). The molecule has 0 aromatic heterocycles. The van der Waals surface area contributed by atoms with Crippen molar-refractivity contribution in [3.8, 4) is 0 Å². The van der Waals surface area contributed by atoms with Crippen LogP contribution in [0.2, 0.25) is 5.02 Å². The van der Waals surface area contributed by atoms with Crippen molar-refractivity contribution in [3.63, 3.8) is 0 Å². The Kier molecular flexibility index (Phi) is 5.18. The Morgan fingerprint density at radius 1 is 1.18 bits per heavy atom. The Balaban J connectivity index is 1.72. The van der Waals surface area contributed by atoms with Crippen LogP contribution < -0.4 is 4.90 Å². The number of hydrogen-bond donors (Lipinski definition) is 0. The first kappa shape index (κ1) is 19.7. The van der Waals surface area contributed by atoms with Crippen LogP contribution in [0.5, 0.6) is 0 Å². The van der Waals surface area contributed by atoms with Gasteiger partial charge in [-0.3, -0.25) is 4.99 Å². The van der Waals surface area contributed by atoms with Crippen molar-refractivity contribution in [3.05, 3.63) is 63.9 Å². The number of thioether (sulfide) groups is 1. The Bertz CT molecular complexity index is 1050. The fourth-order valence-corrected chi connectivity index (χ4v) is 7.67. The first-order valence-corrected chi connectivity index (χ1v) is 12.0. The summed E-state index contributed by atoms with van der Waals surface area (Å²) in [5.41, 5.74) is 4.00. The number of halogens is 2. The molecule has 0 bridgehead atoms. The second-order valence-corrected chi connectivity index (χ2v) is 11.1. The third kappa shape index (κ3) is 4.07. The molecule has 0 N–H and O–H groups in total. The highest BCUT2D eigenvalue weighted by molar-refractivity contribution is 8.15. The lowest BCUT2D eigenvalue weighted by Crippen LogP contribution is -2.28. The zero-order valence-corrected chi connectivity index (χ0v) is 17.9. The highest BCUT2D eigenvalue weighted by Gasteiger charge is 2.44. The third-order valence-electron chi connectivity index (χ3n) is 4.90. The van der Waals surface area contributed by atoms with Gasteiger partial charge in [0.2, 0.25) is 0 Å². The normalized spacial score (nSPS) is 22.8. The summed E-state index contributed by atoms with van der Waals surface area (Å²) in [5.74, 6) is -0.113. The van der Waals surface area contributed by atoms with Gasteiger partial charge in [0.05, 0.1) is 24.1 Å². The van der Waals surface area contributed by atoms with Crippen molar-refractivity contribution in [2.75, 3.05) is 16.4 Å². The number of amidine groups is 1. The van der Waals surface area contributed by atoms with Gasteiger partial charge < -0.3 is 4.90 Å². The van der Waals surface area contributed by atoms with Crippen LogP contribution in [-0.4, -0.2) is 36.4 Å². The maximum absolute atomic E-state index is 13.5. The summed E-state index contributed by atoms with van der Waals surface area (Å²) < 4.78 is 37.3. The smallest absolute Gasteiger partial charge is 0.164 e. The van der Waals surface area contributed by atoms with Crippen molar-refractivity contribution >= 4 is 44.1 Å². The summed E-state index contributed by atoms with van der Waals surface area (Å²) in [7, 11) is -3.01. The van der Waals surface area contributed by atoms with Gasteiger partial charge in [0, 0.05) is 16.0 Å². The fraction of sp³-hybridized carbons (Fsp3) is 0.350. The Hall–Kier alpha value is -1.57. The van der Waals surface area contributed by atoms with E-state index in [1.54, 1.807) is 6.07 Å². The number of benzene rings is 2. The van der Waals surface area contributed by atoms with E-state index in [-0.39, 0.29) is 28.6 Å². The molecule has 2 aliphatic heterocycles. The van der Waals surface area contributed by atoms with E-state index in [9.17, 15) is 12.8 Å². The topological polar surface area (TPSA) is 49.7 Å². The van der Waals surface area contributed by atoms with Gasteiger partial charge >= 0.3 is 0 Å². The number of aryl methyl sites for hydroxylation is 2. The number of nitrogens with zero attached hydrogens (tertiary/aromatic N) is 2. The molecule has 0 unspecified atom stereocenters. The molecule has 2 aliphatic rings. The third-order valence-corrected chi connectivity index (χ3v) is 8.50. The summed E-state index contributed by atoms with van der Waals surface area (Å²) in [5, 5.41) is 1.10. The summed E-state index contributed by atoms with van der Waals surface area (Å²) in [6.07, 6.45) is 0. The van der Waals surface area contributed by atoms with E-state index in [0.717, 1.165) is 27.5 Å². The van der Waals surface area contributed by atoms with E-state index in [2.05, 4.69) is 23.1 Å². The number of anilines is 1. The Morgan fingerprint density at radius 3 is 2.54 bits per heavy atom. The molecule has 0 saturated carbocycles. The first-order chi connectivity index (χ1) is 13.2. The average molecular weight is 439 g/mol. The van der Waals surface area contributed by atoms with Gasteiger partial charge in [-0.2, -0.15) is 0 Å². The minimum atomic E-state index is -3.01. The molecule has 0 spiro atoms. The van der Waals surface area contributed by atoms with Crippen LogP contribution in [0, 0.1) is 19.7 Å². The number of hydrogen-bond acceptors (Lipinski definition) is 5. The summed E-state index contributed by atoms with van der Waals surface area (Å²) in [6.45, 7) is 4.49. The van der Waals surface area contributed by atoms with Crippen molar-refractivity contribution < 1.29 is 12.8 Å². The zero-order chi connectivity index (χ0) is 20.1. The van der Waals surface area contributed by atoms with E-state index >= 15 is 0 Å². The maximum atomic E-state index is 13.5. The van der Waals surface area contributed by atoms with Gasteiger partial charge in [-0.15, -0.1) is 0 Å². The van der Waals surface area contributed by atoms with Crippen LogP contribution in [0.15, 0.2) is 41.4 Å². The molecule has 148 valence electrons. The van der Waals surface area contributed by atoms with Gasteiger partial charge in [-0.1, -0.05) is 35.5 Å². The molecule has 2 aromatic carbocycles. The van der Waals surface area contributed by atoms with E-state index in [0.29, 0.717) is 11.6 Å². The average Bonchev–Trinajstić information content (AvgIpc) is 3.06. The molecule has 1 saturated heterocycles. The van der Waals surface area contributed by atoms with Crippen molar-refractivity contribution in [1.82, 2.24) is 0 Å². The molecule has 4 nitrogen and oxygen atoms in total. The predicted molar refractivity (Wildman–Crippen MR) is 115 cm³/mol.